The van der Waals surface area contributed by atoms with Crippen molar-refractivity contribution in [2.75, 3.05) is 5.43 Å². The molecule has 94 valence electrons. The zero-order valence-electron chi connectivity index (χ0n) is 9.89. The lowest BCUT2D eigenvalue weighted by atomic mass is 10.3. The summed E-state index contributed by atoms with van der Waals surface area (Å²) in [5.41, 5.74) is 3.30. The van der Waals surface area contributed by atoms with Gasteiger partial charge in [0.1, 0.15) is 5.69 Å². The Bertz CT molecular complexity index is 589. The van der Waals surface area contributed by atoms with Crippen LogP contribution in [0, 0.1) is 12.7 Å². The summed E-state index contributed by atoms with van der Waals surface area (Å²) in [5, 5.41) is 0. The molecule has 2 aromatic heterocycles. The topological polar surface area (TPSA) is 81.7 Å². The van der Waals surface area contributed by atoms with E-state index in [1.807, 2.05) is 4.57 Å². The molecule has 0 radical (unpaired) electrons. The molecule has 2 aromatic rings. The van der Waals surface area contributed by atoms with E-state index in [-0.39, 0.29) is 11.5 Å². The standard InChI is InChI=1S/C11H13FN6/c1-6-9(12)11(17-13)16-10(15-6)8-4-14-5-18(8)7-2-3-7/h4-5,7H,2-3,13H2,1H3,(H,15,16,17). The lowest BCUT2D eigenvalue weighted by molar-refractivity contribution is 0.605. The van der Waals surface area contributed by atoms with Crippen molar-refractivity contribution in [3.05, 3.63) is 24.0 Å². The van der Waals surface area contributed by atoms with Crippen molar-refractivity contribution in [1.29, 1.82) is 0 Å². The fraction of sp³-hybridized carbons (Fsp3) is 0.364. The molecular formula is C11H13FN6. The number of nitrogens with one attached hydrogen (secondary N) is 1. The SMILES string of the molecule is Cc1nc(-c2cncn2C2CC2)nc(NN)c1F. The van der Waals surface area contributed by atoms with Crippen LogP contribution in [0.3, 0.4) is 0 Å². The summed E-state index contributed by atoms with van der Waals surface area (Å²) in [4.78, 5) is 12.3. The maximum atomic E-state index is 13.6. The average molecular weight is 248 g/mol. The highest BCUT2D eigenvalue weighted by atomic mass is 19.1. The van der Waals surface area contributed by atoms with E-state index < -0.39 is 5.82 Å². The number of nitrogens with two attached hydrogens (primary N) is 1. The molecule has 6 nitrogen and oxygen atoms in total. The monoisotopic (exact) mass is 248 g/mol. The molecule has 0 atom stereocenters. The number of hydrogen-bond donors (Lipinski definition) is 2. The van der Waals surface area contributed by atoms with Gasteiger partial charge in [0.15, 0.2) is 17.5 Å². The van der Waals surface area contributed by atoms with Crippen molar-refractivity contribution in [1.82, 2.24) is 19.5 Å². The molecule has 0 spiro atoms. The predicted octanol–water partition coefficient (Wildman–Crippen LogP) is 1.41. The minimum Gasteiger partial charge on any atom is -0.325 e. The van der Waals surface area contributed by atoms with E-state index in [0.29, 0.717) is 11.9 Å². The first kappa shape index (κ1) is 11.1. The predicted molar refractivity (Wildman–Crippen MR) is 64.0 cm³/mol. The summed E-state index contributed by atoms with van der Waals surface area (Å²) in [5.74, 6) is 5.16. The number of nitrogen functional groups attached to an aromatic ring is 1. The maximum absolute atomic E-state index is 13.6. The number of nitrogens with zero attached hydrogens (tertiary/aromatic N) is 4. The summed E-state index contributed by atoms with van der Waals surface area (Å²) in [6.07, 6.45) is 5.70. The Morgan fingerprint density at radius 2 is 2.22 bits per heavy atom. The van der Waals surface area contributed by atoms with Crippen LogP contribution in [-0.2, 0) is 0 Å². The van der Waals surface area contributed by atoms with Gasteiger partial charge in [0.05, 0.1) is 18.2 Å². The van der Waals surface area contributed by atoms with Gasteiger partial charge >= 0.3 is 0 Å². The Kier molecular flexibility index (Phi) is 2.48. The number of aromatic nitrogens is 4. The molecule has 1 fully saturated rings. The smallest absolute Gasteiger partial charge is 0.187 e. The first-order chi connectivity index (χ1) is 8.70. The van der Waals surface area contributed by atoms with Crippen LogP contribution in [0.4, 0.5) is 10.2 Å². The molecule has 3 N–H and O–H groups in total. The van der Waals surface area contributed by atoms with Crippen LogP contribution in [0.5, 0.6) is 0 Å². The minimum absolute atomic E-state index is 0.000969. The Hall–Kier alpha value is -2.02. The third kappa shape index (κ3) is 1.72. The summed E-state index contributed by atoms with van der Waals surface area (Å²) in [6.45, 7) is 1.58. The maximum Gasteiger partial charge on any atom is 0.187 e. The first-order valence-corrected chi connectivity index (χ1v) is 5.73. The molecular weight excluding hydrogens is 235 g/mol. The first-order valence-electron chi connectivity index (χ1n) is 5.73. The van der Waals surface area contributed by atoms with Crippen molar-refractivity contribution >= 4 is 5.82 Å². The molecule has 1 saturated carbocycles. The zero-order valence-corrected chi connectivity index (χ0v) is 9.89. The van der Waals surface area contributed by atoms with E-state index >= 15 is 0 Å². The Morgan fingerprint density at radius 3 is 2.89 bits per heavy atom. The van der Waals surface area contributed by atoms with Crippen LogP contribution in [0.15, 0.2) is 12.5 Å². The number of rotatable bonds is 3. The molecule has 7 heteroatoms. The van der Waals surface area contributed by atoms with Crippen molar-refractivity contribution in [3.8, 4) is 11.5 Å². The van der Waals surface area contributed by atoms with Gasteiger partial charge in [0.25, 0.3) is 0 Å². The molecule has 0 bridgehead atoms. The Morgan fingerprint density at radius 1 is 1.44 bits per heavy atom. The van der Waals surface area contributed by atoms with Gasteiger partial charge in [-0.05, 0) is 19.8 Å². The van der Waals surface area contributed by atoms with E-state index in [1.165, 1.54) is 0 Å². The lowest BCUT2D eigenvalue weighted by Gasteiger charge is -2.09. The van der Waals surface area contributed by atoms with Gasteiger partial charge in [-0.3, -0.25) is 0 Å². The third-order valence-electron chi connectivity index (χ3n) is 2.99. The van der Waals surface area contributed by atoms with Crippen molar-refractivity contribution in [2.24, 2.45) is 5.84 Å². The summed E-state index contributed by atoms with van der Waals surface area (Å²) in [6, 6.07) is 0.464. The van der Waals surface area contributed by atoms with E-state index in [9.17, 15) is 4.39 Å². The fourth-order valence-electron chi connectivity index (χ4n) is 1.89. The van der Waals surface area contributed by atoms with Crippen LogP contribution in [0.2, 0.25) is 0 Å². The fourth-order valence-corrected chi connectivity index (χ4v) is 1.89. The molecule has 1 aliphatic rings. The van der Waals surface area contributed by atoms with Gasteiger partial charge in [-0.2, -0.15) is 0 Å². The number of anilines is 1. The largest absolute Gasteiger partial charge is 0.325 e. The van der Waals surface area contributed by atoms with Crippen LogP contribution >= 0.6 is 0 Å². The van der Waals surface area contributed by atoms with Gasteiger partial charge in [0.2, 0.25) is 0 Å². The van der Waals surface area contributed by atoms with Crippen molar-refractivity contribution < 1.29 is 4.39 Å². The Labute approximate surface area is 103 Å². The van der Waals surface area contributed by atoms with Gasteiger partial charge in [-0.25, -0.2) is 25.2 Å². The molecule has 0 aromatic carbocycles. The van der Waals surface area contributed by atoms with E-state index in [4.69, 9.17) is 5.84 Å². The third-order valence-corrected chi connectivity index (χ3v) is 2.99. The molecule has 0 amide bonds. The van der Waals surface area contributed by atoms with Crippen LogP contribution < -0.4 is 11.3 Å². The highest BCUT2D eigenvalue weighted by Gasteiger charge is 2.27. The highest BCUT2D eigenvalue weighted by Crippen LogP contribution is 2.37. The van der Waals surface area contributed by atoms with Gasteiger partial charge in [0, 0.05) is 6.04 Å². The zero-order chi connectivity index (χ0) is 12.7. The van der Waals surface area contributed by atoms with Gasteiger partial charge < -0.3 is 9.99 Å². The summed E-state index contributed by atoms with van der Waals surface area (Å²) in [7, 11) is 0. The number of halogens is 1. The van der Waals surface area contributed by atoms with Crippen LogP contribution in [-0.4, -0.2) is 19.5 Å². The van der Waals surface area contributed by atoms with Crippen molar-refractivity contribution in [2.45, 2.75) is 25.8 Å². The molecule has 0 saturated heterocycles. The summed E-state index contributed by atoms with van der Waals surface area (Å²) >= 11 is 0. The second kappa shape index (κ2) is 4.02. The van der Waals surface area contributed by atoms with Gasteiger partial charge in [-0.1, -0.05) is 0 Å². The van der Waals surface area contributed by atoms with Crippen molar-refractivity contribution in [3.63, 3.8) is 0 Å². The quantitative estimate of drug-likeness (QED) is 0.634. The molecule has 0 unspecified atom stereocenters. The molecule has 3 rings (SSSR count). The Balaban J connectivity index is 2.10. The van der Waals surface area contributed by atoms with E-state index in [1.54, 1.807) is 19.4 Å². The van der Waals surface area contributed by atoms with Crippen LogP contribution in [0.1, 0.15) is 24.6 Å². The average Bonchev–Trinajstić information content (AvgIpc) is 3.10. The number of imidazole rings is 1. The van der Waals surface area contributed by atoms with Gasteiger partial charge in [-0.15, -0.1) is 0 Å². The highest BCUT2D eigenvalue weighted by molar-refractivity contribution is 5.53. The normalized spacial score (nSPS) is 14.8. The number of hydrogen-bond acceptors (Lipinski definition) is 5. The number of hydrazine groups is 1. The molecule has 2 heterocycles. The lowest BCUT2D eigenvalue weighted by Crippen LogP contribution is -2.13. The van der Waals surface area contributed by atoms with E-state index in [2.05, 4.69) is 20.4 Å². The second-order valence-corrected chi connectivity index (χ2v) is 4.36. The molecule has 0 aliphatic heterocycles. The molecule has 18 heavy (non-hydrogen) atoms. The van der Waals surface area contributed by atoms with Crippen LogP contribution in [0.25, 0.3) is 11.5 Å². The second-order valence-electron chi connectivity index (χ2n) is 4.36. The van der Waals surface area contributed by atoms with E-state index in [0.717, 1.165) is 18.5 Å². The minimum atomic E-state index is -0.529. The number of aryl methyl sites for hydroxylation is 1. The molecule has 1 aliphatic carbocycles. The summed E-state index contributed by atoms with van der Waals surface area (Å²) < 4.78 is 15.6.